The van der Waals surface area contributed by atoms with Crippen molar-refractivity contribution in [3.8, 4) is 0 Å². The van der Waals surface area contributed by atoms with Gasteiger partial charge < -0.3 is 15.4 Å². The van der Waals surface area contributed by atoms with Crippen molar-refractivity contribution in [2.24, 2.45) is 0 Å². The minimum atomic E-state index is 0.437. The first-order chi connectivity index (χ1) is 8.31. The van der Waals surface area contributed by atoms with Crippen LogP contribution in [0.4, 0.5) is 11.5 Å². The van der Waals surface area contributed by atoms with E-state index in [1.807, 2.05) is 12.3 Å². The summed E-state index contributed by atoms with van der Waals surface area (Å²) in [6.07, 6.45) is 5.57. The van der Waals surface area contributed by atoms with Crippen LogP contribution in [-0.2, 0) is 4.74 Å². The Morgan fingerprint density at radius 2 is 2.29 bits per heavy atom. The van der Waals surface area contributed by atoms with Gasteiger partial charge in [0.15, 0.2) is 0 Å². The van der Waals surface area contributed by atoms with Crippen molar-refractivity contribution in [2.75, 3.05) is 24.3 Å². The van der Waals surface area contributed by atoms with E-state index in [0.717, 1.165) is 37.3 Å². The third-order valence-electron chi connectivity index (χ3n) is 3.11. The summed E-state index contributed by atoms with van der Waals surface area (Å²) in [6, 6.07) is 4.62. The van der Waals surface area contributed by atoms with Gasteiger partial charge in [0, 0.05) is 37.6 Å². The molecule has 0 saturated heterocycles. The van der Waals surface area contributed by atoms with Crippen molar-refractivity contribution in [3.63, 3.8) is 0 Å². The molecular weight excluding hydrogens is 214 g/mol. The highest BCUT2D eigenvalue weighted by atomic mass is 16.5. The second kappa shape index (κ2) is 5.87. The first-order valence-electron chi connectivity index (χ1n) is 6.31. The summed E-state index contributed by atoms with van der Waals surface area (Å²) in [7, 11) is 1.78. The average molecular weight is 235 g/mol. The Bertz CT molecular complexity index is 350. The molecule has 0 atom stereocenters. The van der Waals surface area contributed by atoms with Crippen LogP contribution in [0.25, 0.3) is 0 Å². The van der Waals surface area contributed by atoms with Gasteiger partial charge in [-0.2, -0.15) is 0 Å². The Balaban J connectivity index is 1.84. The van der Waals surface area contributed by atoms with Crippen molar-refractivity contribution < 1.29 is 4.74 Å². The Morgan fingerprint density at radius 1 is 1.47 bits per heavy atom. The van der Waals surface area contributed by atoms with Gasteiger partial charge in [0.25, 0.3) is 0 Å². The van der Waals surface area contributed by atoms with E-state index in [4.69, 9.17) is 4.74 Å². The zero-order valence-electron chi connectivity index (χ0n) is 10.6. The number of pyridine rings is 1. The van der Waals surface area contributed by atoms with Crippen LogP contribution < -0.4 is 10.6 Å². The number of hydrogen-bond donors (Lipinski definition) is 2. The molecule has 2 rings (SSSR count). The van der Waals surface area contributed by atoms with Crippen LogP contribution >= 0.6 is 0 Å². The lowest BCUT2D eigenvalue weighted by atomic mass is 9.89. The van der Waals surface area contributed by atoms with E-state index in [-0.39, 0.29) is 0 Å². The van der Waals surface area contributed by atoms with Gasteiger partial charge in [0.05, 0.1) is 6.10 Å². The van der Waals surface area contributed by atoms with Crippen molar-refractivity contribution in [1.29, 1.82) is 0 Å². The fraction of sp³-hybridized carbons (Fsp3) is 0.615. The van der Waals surface area contributed by atoms with Gasteiger partial charge in [-0.25, -0.2) is 4.98 Å². The minimum absolute atomic E-state index is 0.437. The summed E-state index contributed by atoms with van der Waals surface area (Å²) in [4.78, 5) is 4.28. The van der Waals surface area contributed by atoms with E-state index >= 15 is 0 Å². The molecule has 0 bridgehead atoms. The smallest absolute Gasteiger partial charge is 0.127 e. The van der Waals surface area contributed by atoms with E-state index in [9.17, 15) is 0 Å². The molecular formula is C13H21N3O. The molecule has 1 aromatic rings. The van der Waals surface area contributed by atoms with Crippen LogP contribution in [0.2, 0.25) is 0 Å². The Morgan fingerprint density at radius 3 is 3.00 bits per heavy atom. The Kier molecular flexibility index (Phi) is 4.20. The van der Waals surface area contributed by atoms with Gasteiger partial charge in [-0.3, -0.25) is 0 Å². The monoisotopic (exact) mass is 235 g/mol. The molecule has 17 heavy (non-hydrogen) atoms. The molecule has 1 aliphatic rings. The molecule has 1 aromatic heterocycles. The molecule has 1 aliphatic carbocycles. The van der Waals surface area contributed by atoms with E-state index < -0.39 is 0 Å². The number of aromatic nitrogens is 1. The summed E-state index contributed by atoms with van der Waals surface area (Å²) >= 11 is 0. The van der Waals surface area contributed by atoms with Crippen LogP contribution in [0.1, 0.15) is 26.2 Å². The van der Waals surface area contributed by atoms with Crippen LogP contribution in [0.5, 0.6) is 0 Å². The van der Waals surface area contributed by atoms with E-state index in [0.29, 0.717) is 12.1 Å². The number of anilines is 2. The molecule has 0 aromatic carbocycles. The number of methoxy groups -OCH3 is 1. The maximum Gasteiger partial charge on any atom is 0.127 e. The van der Waals surface area contributed by atoms with E-state index in [1.165, 1.54) is 0 Å². The first-order valence-corrected chi connectivity index (χ1v) is 6.31. The van der Waals surface area contributed by atoms with Gasteiger partial charge in [-0.05, 0) is 25.3 Å². The van der Waals surface area contributed by atoms with Crippen molar-refractivity contribution in [2.45, 2.75) is 38.3 Å². The van der Waals surface area contributed by atoms with Gasteiger partial charge >= 0.3 is 0 Å². The molecule has 0 unspecified atom stereocenters. The zero-order valence-corrected chi connectivity index (χ0v) is 10.6. The predicted molar refractivity (Wildman–Crippen MR) is 70.5 cm³/mol. The van der Waals surface area contributed by atoms with Crippen LogP contribution in [0, 0.1) is 0 Å². The van der Waals surface area contributed by atoms with Crippen LogP contribution in [-0.4, -0.2) is 30.8 Å². The molecule has 1 heterocycles. The Labute approximate surface area is 103 Å². The molecule has 0 aliphatic heterocycles. The van der Waals surface area contributed by atoms with E-state index in [2.05, 4.69) is 28.6 Å². The van der Waals surface area contributed by atoms with Crippen molar-refractivity contribution in [3.05, 3.63) is 18.3 Å². The van der Waals surface area contributed by atoms with Crippen molar-refractivity contribution in [1.82, 2.24) is 4.98 Å². The fourth-order valence-electron chi connectivity index (χ4n) is 1.98. The second-order valence-corrected chi connectivity index (χ2v) is 4.53. The molecule has 0 amide bonds. The standard InChI is InChI=1S/C13H21N3O/c1-3-5-14-13-9-10(4-6-15-13)16-11-7-12(8-11)17-2/h4,6,9,11-12H,3,5,7-8H2,1-2H3,(H2,14,15,16). The van der Waals surface area contributed by atoms with E-state index in [1.54, 1.807) is 7.11 Å². The molecule has 94 valence electrons. The highest BCUT2D eigenvalue weighted by molar-refractivity contribution is 5.52. The summed E-state index contributed by atoms with van der Waals surface area (Å²) in [5, 5.41) is 6.79. The third-order valence-corrected chi connectivity index (χ3v) is 3.11. The largest absolute Gasteiger partial charge is 0.382 e. The fourth-order valence-corrected chi connectivity index (χ4v) is 1.98. The number of rotatable bonds is 6. The third kappa shape index (κ3) is 3.33. The quantitative estimate of drug-likeness (QED) is 0.795. The molecule has 2 N–H and O–H groups in total. The molecule has 4 heteroatoms. The van der Waals surface area contributed by atoms with Gasteiger partial charge in [0.2, 0.25) is 0 Å². The normalized spacial score (nSPS) is 22.9. The number of ether oxygens (including phenoxy) is 1. The SMILES string of the molecule is CCCNc1cc(NC2CC(OC)C2)ccn1. The maximum absolute atomic E-state index is 5.27. The lowest BCUT2D eigenvalue weighted by molar-refractivity contribution is 0.0329. The van der Waals surface area contributed by atoms with Gasteiger partial charge in [0.1, 0.15) is 5.82 Å². The maximum atomic E-state index is 5.27. The lowest BCUT2D eigenvalue weighted by Gasteiger charge is -2.35. The lowest BCUT2D eigenvalue weighted by Crippen LogP contribution is -2.40. The van der Waals surface area contributed by atoms with Gasteiger partial charge in [-0.15, -0.1) is 0 Å². The topological polar surface area (TPSA) is 46.2 Å². The van der Waals surface area contributed by atoms with Crippen LogP contribution in [0.15, 0.2) is 18.3 Å². The summed E-state index contributed by atoms with van der Waals surface area (Å²) in [6.45, 7) is 3.11. The second-order valence-electron chi connectivity index (χ2n) is 4.53. The molecule has 0 spiro atoms. The first kappa shape index (κ1) is 12.2. The zero-order chi connectivity index (χ0) is 12.1. The molecule has 1 fully saturated rings. The summed E-state index contributed by atoms with van der Waals surface area (Å²) in [5.74, 6) is 0.944. The number of nitrogens with zero attached hydrogens (tertiary/aromatic N) is 1. The number of nitrogens with one attached hydrogen (secondary N) is 2. The van der Waals surface area contributed by atoms with Crippen molar-refractivity contribution >= 4 is 11.5 Å². The highest BCUT2D eigenvalue weighted by Gasteiger charge is 2.28. The molecule has 0 radical (unpaired) electrons. The minimum Gasteiger partial charge on any atom is -0.382 e. The van der Waals surface area contributed by atoms with Crippen LogP contribution in [0.3, 0.4) is 0 Å². The summed E-state index contributed by atoms with van der Waals surface area (Å²) in [5.41, 5.74) is 1.14. The molecule has 1 saturated carbocycles. The number of hydrogen-bond acceptors (Lipinski definition) is 4. The average Bonchev–Trinajstić information content (AvgIpc) is 2.31. The molecule has 4 nitrogen and oxygen atoms in total. The predicted octanol–water partition coefficient (Wildman–Crippen LogP) is 2.49. The summed E-state index contributed by atoms with van der Waals surface area (Å²) < 4.78 is 5.27. The Hall–Kier alpha value is -1.29. The van der Waals surface area contributed by atoms with Gasteiger partial charge in [-0.1, -0.05) is 6.92 Å². The highest BCUT2D eigenvalue weighted by Crippen LogP contribution is 2.26.